The molecule has 188 valence electrons. The molecule has 0 unspecified atom stereocenters. The molecule has 6 rings (SSSR count). The van der Waals surface area contributed by atoms with E-state index in [4.69, 9.17) is 14.2 Å². The SMILES string of the molecule is CC1(C)OC(=O)c2cc3cc(OCc4cccc(C5(O)CCOCC5)c4)ccc3c(-c3ccccc3)c21. The summed E-state index contributed by atoms with van der Waals surface area (Å²) in [6.07, 6.45) is 1.19. The van der Waals surface area contributed by atoms with Crippen LogP contribution in [0.4, 0.5) is 0 Å². The second-order valence-corrected chi connectivity index (χ2v) is 10.5. The normalized spacial score (nSPS) is 17.9. The summed E-state index contributed by atoms with van der Waals surface area (Å²) in [6, 6.07) is 26.0. The molecule has 0 radical (unpaired) electrons. The standard InChI is InChI=1S/C32H30O5/c1-31(2)29-27(30(33)37-31)19-23-18-25(11-12-26(23)28(29)22-8-4-3-5-9-22)36-20-21-7-6-10-24(17-21)32(34)13-15-35-16-14-32/h3-12,17-19,34H,13-16,20H2,1-2H3. The lowest BCUT2D eigenvalue weighted by atomic mass is 9.84. The number of benzene rings is 4. The first-order chi connectivity index (χ1) is 17.8. The molecule has 1 saturated heterocycles. The zero-order chi connectivity index (χ0) is 25.6. The Kier molecular flexibility index (Phi) is 5.78. The second-order valence-electron chi connectivity index (χ2n) is 10.5. The molecule has 0 bridgehead atoms. The van der Waals surface area contributed by atoms with E-state index in [1.54, 1.807) is 0 Å². The first kappa shape index (κ1) is 23.7. The van der Waals surface area contributed by atoms with E-state index in [-0.39, 0.29) is 5.97 Å². The number of hydrogen-bond donors (Lipinski definition) is 1. The molecule has 37 heavy (non-hydrogen) atoms. The lowest BCUT2D eigenvalue weighted by Gasteiger charge is -2.32. The van der Waals surface area contributed by atoms with Crippen LogP contribution in [0.15, 0.2) is 78.9 Å². The van der Waals surface area contributed by atoms with Crippen LogP contribution in [0.3, 0.4) is 0 Å². The lowest BCUT2D eigenvalue weighted by Crippen LogP contribution is -2.33. The Morgan fingerprint density at radius 3 is 2.49 bits per heavy atom. The Bertz CT molecular complexity index is 1480. The first-order valence-electron chi connectivity index (χ1n) is 12.8. The zero-order valence-corrected chi connectivity index (χ0v) is 21.1. The van der Waals surface area contributed by atoms with E-state index in [2.05, 4.69) is 18.2 Å². The summed E-state index contributed by atoms with van der Waals surface area (Å²) in [6.45, 7) is 5.38. The molecule has 4 aromatic carbocycles. The van der Waals surface area contributed by atoms with Crippen molar-refractivity contribution in [2.45, 2.75) is 44.5 Å². The van der Waals surface area contributed by atoms with Crippen LogP contribution in [-0.2, 0) is 27.3 Å². The maximum Gasteiger partial charge on any atom is 0.339 e. The van der Waals surface area contributed by atoms with Crippen molar-refractivity contribution < 1.29 is 24.1 Å². The van der Waals surface area contributed by atoms with Gasteiger partial charge >= 0.3 is 5.97 Å². The summed E-state index contributed by atoms with van der Waals surface area (Å²) in [5, 5.41) is 13.0. The predicted octanol–water partition coefficient (Wildman–Crippen LogP) is 6.49. The monoisotopic (exact) mass is 494 g/mol. The van der Waals surface area contributed by atoms with Gasteiger partial charge in [0.25, 0.3) is 0 Å². The van der Waals surface area contributed by atoms with Crippen molar-refractivity contribution in [3.8, 4) is 16.9 Å². The summed E-state index contributed by atoms with van der Waals surface area (Å²) in [5.41, 5.74) is 3.93. The van der Waals surface area contributed by atoms with Crippen molar-refractivity contribution >= 4 is 16.7 Å². The van der Waals surface area contributed by atoms with E-state index in [0.717, 1.165) is 38.6 Å². The van der Waals surface area contributed by atoms with E-state index < -0.39 is 11.2 Å². The highest BCUT2D eigenvalue weighted by atomic mass is 16.6. The highest BCUT2D eigenvalue weighted by Crippen LogP contribution is 2.46. The topological polar surface area (TPSA) is 65.0 Å². The second kappa shape index (κ2) is 9.02. The van der Waals surface area contributed by atoms with Gasteiger partial charge in [0, 0.05) is 31.6 Å². The van der Waals surface area contributed by atoms with E-state index in [1.807, 2.05) is 74.5 Å². The minimum absolute atomic E-state index is 0.298. The molecule has 0 aromatic heterocycles. The highest BCUT2D eigenvalue weighted by molar-refractivity contribution is 6.08. The summed E-state index contributed by atoms with van der Waals surface area (Å²) >= 11 is 0. The lowest BCUT2D eigenvalue weighted by molar-refractivity contribution is -0.0679. The zero-order valence-electron chi connectivity index (χ0n) is 21.1. The average Bonchev–Trinajstić information content (AvgIpc) is 3.14. The van der Waals surface area contributed by atoms with Gasteiger partial charge in [-0.1, -0.05) is 54.6 Å². The molecule has 0 atom stereocenters. The van der Waals surface area contributed by atoms with Crippen molar-refractivity contribution in [3.63, 3.8) is 0 Å². The molecule has 1 fully saturated rings. The number of rotatable bonds is 5. The Balaban J connectivity index is 1.34. The maximum absolute atomic E-state index is 12.8. The largest absolute Gasteiger partial charge is 0.489 e. The first-order valence-corrected chi connectivity index (χ1v) is 12.8. The van der Waals surface area contributed by atoms with Crippen LogP contribution in [0.2, 0.25) is 0 Å². The number of carbonyl (C=O) groups is 1. The van der Waals surface area contributed by atoms with E-state index in [0.29, 0.717) is 44.0 Å². The number of cyclic esters (lactones) is 1. The summed E-state index contributed by atoms with van der Waals surface area (Å²) in [5.74, 6) is 0.417. The molecule has 0 amide bonds. The third-order valence-electron chi connectivity index (χ3n) is 7.53. The van der Waals surface area contributed by atoms with Gasteiger partial charge in [-0.2, -0.15) is 0 Å². The predicted molar refractivity (Wildman–Crippen MR) is 143 cm³/mol. The van der Waals surface area contributed by atoms with Gasteiger partial charge in [-0.3, -0.25) is 0 Å². The molecule has 5 heteroatoms. The van der Waals surface area contributed by atoms with Gasteiger partial charge in [0.05, 0.1) is 11.2 Å². The minimum Gasteiger partial charge on any atom is -0.489 e. The van der Waals surface area contributed by atoms with Crippen LogP contribution in [0.1, 0.15) is 53.7 Å². The molecule has 2 aliphatic heterocycles. The van der Waals surface area contributed by atoms with Gasteiger partial charge in [0.2, 0.25) is 0 Å². The van der Waals surface area contributed by atoms with Crippen LogP contribution >= 0.6 is 0 Å². The molecular weight excluding hydrogens is 464 g/mol. The van der Waals surface area contributed by atoms with Crippen LogP contribution in [-0.4, -0.2) is 24.3 Å². The van der Waals surface area contributed by atoms with Crippen molar-refractivity contribution in [2.24, 2.45) is 0 Å². The minimum atomic E-state index is -0.853. The summed E-state index contributed by atoms with van der Waals surface area (Å²) in [7, 11) is 0. The summed E-state index contributed by atoms with van der Waals surface area (Å²) < 4.78 is 17.4. The van der Waals surface area contributed by atoms with E-state index in [9.17, 15) is 9.90 Å². The number of carbonyl (C=O) groups excluding carboxylic acids is 1. The number of hydrogen-bond acceptors (Lipinski definition) is 5. The van der Waals surface area contributed by atoms with Gasteiger partial charge < -0.3 is 19.3 Å². The van der Waals surface area contributed by atoms with Crippen molar-refractivity contribution in [1.29, 1.82) is 0 Å². The smallest absolute Gasteiger partial charge is 0.339 e. The Morgan fingerprint density at radius 2 is 1.70 bits per heavy atom. The molecular formula is C32H30O5. The molecule has 0 aliphatic carbocycles. The average molecular weight is 495 g/mol. The Labute approximate surface area is 216 Å². The van der Waals surface area contributed by atoms with E-state index >= 15 is 0 Å². The molecule has 2 heterocycles. The molecule has 2 aliphatic rings. The van der Waals surface area contributed by atoms with Gasteiger partial charge in [0.1, 0.15) is 18.0 Å². The van der Waals surface area contributed by atoms with Crippen molar-refractivity contribution in [2.75, 3.05) is 13.2 Å². The molecule has 0 saturated carbocycles. The quantitative estimate of drug-likeness (QED) is 0.321. The van der Waals surface area contributed by atoms with Gasteiger partial charge in [0.15, 0.2) is 0 Å². The van der Waals surface area contributed by atoms with Crippen molar-refractivity contribution in [1.82, 2.24) is 0 Å². The van der Waals surface area contributed by atoms with Crippen LogP contribution < -0.4 is 4.74 Å². The van der Waals surface area contributed by atoms with Crippen molar-refractivity contribution in [3.05, 3.63) is 101 Å². The third kappa shape index (κ3) is 4.28. The molecule has 0 spiro atoms. The number of esters is 1. The molecule has 5 nitrogen and oxygen atoms in total. The van der Waals surface area contributed by atoms with Crippen LogP contribution in [0, 0.1) is 0 Å². The molecule has 4 aromatic rings. The van der Waals surface area contributed by atoms with Gasteiger partial charge in [-0.25, -0.2) is 4.79 Å². The maximum atomic E-state index is 12.8. The number of aliphatic hydroxyl groups is 1. The fourth-order valence-electron chi connectivity index (χ4n) is 5.62. The van der Waals surface area contributed by atoms with Crippen LogP contribution in [0.5, 0.6) is 5.75 Å². The summed E-state index contributed by atoms with van der Waals surface area (Å²) in [4.78, 5) is 12.8. The van der Waals surface area contributed by atoms with E-state index in [1.165, 1.54) is 0 Å². The van der Waals surface area contributed by atoms with Crippen LogP contribution in [0.25, 0.3) is 21.9 Å². The number of fused-ring (bicyclic) bond motifs is 2. The number of ether oxygens (including phenoxy) is 3. The Hall–Kier alpha value is -3.67. The fourth-order valence-corrected chi connectivity index (χ4v) is 5.62. The fraction of sp³-hybridized carbons (Fsp3) is 0.281. The third-order valence-corrected chi connectivity index (χ3v) is 7.53. The van der Waals surface area contributed by atoms with Gasteiger partial charge in [-0.15, -0.1) is 0 Å². The highest BCUT2D eigenvalue weighted by Gasteiger charge is 2.41. The van der Waals surface area contributed by atoms with Gasteiger partial charge in [-0.05, 0) is 71.1 Å². The Morgan fingerprint density at radius 1 is 0.919 bits per heavy atom. The molecule has 1 N–H and O–H groups in total.